The predicted octanol–water partition coefficient (Wildman–Crippen LogP) is 4.17. The van der Waals surface area contributed by atoms with E-state index in [1.54, 1.807) is 12.1 Å². The summed E-state index contributed by atoms with van der Waals surface area (Å²) in [4.78, 5) is 13.9. The van der Waals surface area contributed by atoms with Crippen molar-refractivity contribution in [2.24, 2.45) is 0 Å². The van der Waals surface area contributed by atoms with E-state index in [-0.39, 0.29) is 5.82 Å². The van der Waals surface area contributed by atoms with Crippen LogP contribution in [0.2, 0.25) is 0 Å². The number of halogens is 1. The molecule has 1 N–H and O–H groups in total. The number of piperazine rings is 1. The zero-order chi connectivity index (χ0) is 20.2. The summed E-state index contributed by atoms with van der Waals surface area (Å²) in [7, 11) is 0. The Kier molecular flexibility index (Phi) is 5.60. The summed E-state index contributed by atoms with van der Waals surface area (Å²) >= 11 is 0. The lowest BCUT2D eigenvalue weighted by atomic mass is 10.2. The number of aryl methyl sites for hydroxylation is 2. The number of nitrogens with one attached hydrogen (secondary N) is 1. The second-order valence-electron chi connectivity index (χ2n) is 7.48. The first-order valence-electron chi connectivity index (χ1n) is 9.97. The zero-order valence-corrected chi connectivity index (χ0v) is 16.9. The molecule has 150 valence electrons. The molecule has 0 spiro atoms. The van der Waals surface area contributed by atoms with Crippen molar-refractivity contribution in [3.63, 3.8) is 0 Å². The monoisotopic (exact) mass is 391 g/mol. The van der Waals surface area contributed by atoms with Gasteiger partial charge in [0.1, 0.15) is 11.6 Å². The summed E-state index contributed by atoms with van der Waals surface area (Å²) in [5.41, 5.74) is 4.49. The summed E-state index contributed by atoms with van der Waals surface area (Å²) in [6.45, 7) is 8.44. The predicted molar refractivity (Wildman–Crippen MR) is 116 cm³/mol. The fourth-order valence-corrected chi connectivity index (χ4v) is 3.59. The van der Waals surface area contributed by atoms with E-state index in [4.69, 9.17) is 4.98 Å². The molecule has 0 atom stereocenters. The summed E-state index contributed by atoms with van der Waals surface area (Å²) in [5.74, 6) is 1.32. The molecule has 0 radical (unpaired) electrons. The minimum Gasteiger partial charge on any atom is -0.368 e. The summed E-state index contributed by atoms with van der Waals surface area (Å²) in [5, 5.41) is 3.26. The van der Waals surface area contributed by atoms with Gasteiger partial charge in [-0.05, 0) is 49.2 Å². The molecule has 3 aromatic rings. The molecule has 0 bridgehead atoms. The molecular formula is C23H26FN5. The van der Waals surface area contributed by atoms with Crippen LogP contribution in [0, 0.1) is 19.7 Å². The Morgan fingerprint density at radius 2 is 1.62 bits per heavy atom. The quantitative estimate of drug-likeness (QED) is 0.707. The molecule has 1 aliphatic rings. The average molecular weight is 391 g/mol. The van der Waals surface area contributed by atoms with Gasteiger partial charge in [-0.15, -0.1) is 0 Å². The van der Waals surface area contributed by atoms with Crippen molar-refractivity contribution >= 4 is 17.5 Å². The van der Waals surface area contributed by atoms with Crippen LogP contribution < -0.4 is 15.1 Å². The largest absolute Gasteiger partial charge is 0.368 e. The lowest BCUT2D eigenvalue weighted by molar-refractivity contribution is 0.627. The maximum atomic E-state index is 13.1. The second-order valence-corrected chi connectivity index (χ2v) is 7.48. The Hall–Kier alpha value is -3.15. The third kappa shape index (κ3) is 4.83. The third-order valence-corrected chi connectivity index (χ3v) is 5.18. The smallest absolute Gasteiger partial charge is 0.225 e. The molecule has 1 fully saturated rings. The van der Waals surface area contributed by atoms with Gasteiger partial charge >= 0.3 is 0 Å². The molecule has 2 aromatic carbocycles. The van der Waals surface area contributed by atoms with E-state index in [1.807, 2.05) is 13.0 Å². The Bertz CT molecular complexity index is 965. The van der Waals surface area contributed by atoms with Crippen molar-refractivity contribution in [2.45, 2.75) is 20.4 Å². The molecule has 5 nitrogen and oxygen atoms in total. The topological polar surface area (TPSA) is 44.3 Å². The first kappa shape index (κ1) is 19.2. The second kappa shape index (κ2) is 8.47. The van der Waals surface area contributed by atoms with Crippen molar-refractivity contribution in [2.75, 3.05) is 41.3 Å². The van der Waals surface area contributed by atoms with Crippen LogP contribution in [0.3, 0.4) is 0 Å². The number of rotatable bonds is 5. The normalized spacial score (nSPS) is 14.2. The Morgan fingerprint density at radius 3 is 2.34 bits per heavy atom. The molecule has 0 aliphatic carbocycles. The molecule has 1 aliphatic heterocycles. The number of anilines is 3. The first-order valence-corrected chi connectivity index (χ1v) is 9.97. The standard InChI is InChI=1S/C23H26FN5/c1-17-4-3-5-21(14-17)28-10-12-29(13-11-28)22-15-18(2)26-23(27-22)25-16-19-6-8-20(24)9-7-19/h3-9,14-15H,10-13,16H2,1-2H3,(H,25,26,27). The molecule has 6 heteroatoms. The number of hydrogen-bond donors (Lipinski definition) is 1. The Morgan fingerprint density at radius 1 is 0.897 bits per heavy atom. The zero-order valence-electron chi connectivity index (χ0n) is 16.9. The van der Waals surface area contributed by atoms with Crippen LogP contribution in [-0.4, -0.2) is 36.1 Å². The number of nitrogens with zero attached hydrogens (tertiary/aromatic N) is 4. The number of hydrogen-bond acceptors (Lipinski definition) is 5. The molecule has 4 rings (SSSR count). The van der Waals surface area contributed by atoms with Gasteiger partial charge in [0.2, 0.25) is 5.95 Å². The fraction of sp³-hybridized carbons (Fsp3) is 0.304. The highest BCUT2D eigenvalue weighted by atomic mass is 19.1. The summed E-state index contributed by atoms with van der Waals surface area (Å²) < 4.78 is 13.1. The van der Waals surface area contributed by atoms with Crippen LogP contribution in [0.15, 0.2) is 54.6 Å². The Balaban J connectivity index is 1.40. The molecule has 2 heterocycles. The third-order valence-electron chi connectivity index (χ3n) is 5.18. The van der Waals surface area contributed by atoms with Gasteiger partial charge in [-0.25, -0.2) is 9.37 Å². The lowest BCUT2D eigenvalue weighted by Crippen LogP contribution is -2.47. The van der Waals surface area contributed by atoms with Crippen LogP contribution in [0.4, 0.5) is 21.8 Å². The molecule has 1 saturated heterocycles. The highest BCUT2D eigenvalue weighted by Crippen LogP contribution is 2.21. The highest BCUT2D eigenvalue weighted by Gasteiger charge is 2.19. The molecular weight excluding hydrogens is 365 g/mol. The van der Waals surface area contributed by atoms with Gasteiger partial charge in [0.05, 0.1) is 0 Å². The number of benzene rings is 2. The van der Waals surface area contributed by atoms with E-state index >= 15 is 0 Å². The van der Waals surface area contributed by atoms with Crippen molar-refractivity contribution in [1.29, 1.82) is 0 Å². The summed E-state index contributed by atoms with van der Waals surface area (Å²) in [6, 6.07) is 17.2. The van der Waals surface area contributed by atoms with E-state index in [1.165, 1.54) is 23.4 Å². The van der Waals surface area contributed by atoms with Crippen LogP contribution in [0.25, 0.3) is 0 Å². The van der Waals surface area contributed by atoms with Crippen LogP contribution in [-0.2, 0) is 6.54 Å². The van der Waals surface area contributed by atoms with Gasteiger partial charge in [-0.1, -0.05) is 24.3 Å². The van der Waals surface area contributed by atoms with Gasteiger partial charge in [-0.3, -0.25) is 0 Å². The van der Waals surface area contributed by atoms with E-state index in [0.717, 1.165) is 43.3 Å². The number of aromatic nitrogens is 2. The van der Waals surface area contributed by atoms with Crippen LogP contribution in [0.1, 0.15) is 16.8 Å². The molecule has 1 aromatic heterocycles. The lowest BCUT2D eigenvalue weighted by Gasteiger charge is -2.37. The summed E-state index contributed by atoms with van der Waals surface area (Å²) in [6.07, 6.45) is 0. The fourth-order valence-electron chi connectivity index (χ4n) is 3.59. The SMILES string of the molecule is Cc1cccc(N2CCN(c3cc(C)nc(NCc4ccc(F)cc4)n3)CC2)c1. The van der Waals surface area contributed by atoms with Crippen molar-refractivity contribution < 1.29 is 4.39 Å². The van der Waals surface area contributed by atoms with Gasteiger partial charge < -0.3 is 15.1 Å². The van der Waals surface area contributed by atoms with Gasteiger partial charge in [0, 0.05) is 50.2 Å². The van der Waals surface area contributed by atoms with Crippen LogP contribution in [0.5, 0.6) is 0 Å². The van der Waals surface area contributed by atoms with Gasteiger partial charge in [0.25, 0.3) is 0 Å². The minimum atomic E-state index is -0.229. The van der Waals surface area contributed by atoms with Crippen LogP contribution >= 0.6 is 0 Å². The van der Waals surface area contributed by atoms with Gasteiger partial charge in [0.15, 0.2) is 0 Å². The van der Waals surface area contributed by atoms with E-state index < -0.39 is 0 Å². The minimum absolute atomic E-state index is 0.229. The Labute approximate surface area is 171 Å². The average Bonchev–Trinajstić information content (AvgIpc) is 2.73. The van der Waals surface area contributed by atoms with Crippen molar-refractivity contribution in [3.05, 3.63) is 77.2 Å². The van der Waals surface area contributed by atoms with E-state index in [0.29, 0.717) is 12.5 Å². The molecule has 0 amide bonds. The highest BCUT2D eigenvalue weighted by molar-refractivity contribution is 5.52. The van der Waals surface area contributed by atoms with E-state index in [2.05, 4.69) is 51.3 Å². The van der Waals surface area contributed by atoms with Gasteiger partial charge in [-0.2, -0.15) is 4.98 Å². The molecule has 29 heavy (non-hydrogen) atoms. The molecule has 0 saturated carbocycles. The van der Waals surface area contributed by atoms with Crippen molar-refractivity contribution in [1.82, 2.24) is 9.97 Å². The maximum absolute atomic E-state index is 13.1. The van der Waals surface area contributed by atoms with E-state index in [9.17, 15) is 4.39 Å². The maximum Gasteiger partial charge on any atom is 0.225 e. The first-order chi connectivity index (χ1) is 14.1. The van der Waals surface area contributed by atoms with Crippen molar-refractivity contribution in [3.8, 4) is 0 Å². The molecule has 0 unspecified atom stereocenters.